The maximum absolute atomic E-state index is 3.75. The highest BCUT2D eigenvalue weighted by Crippen LogP contribution is 2.22. The summed E-state index contributed by atoms with van der Waals surface area (Å²) >= 11 is 2.96. The first-order chi connectivity index (χ1) is 4.97. The van der Waals surface area contributed by atoms with Crippen molar-refractivity contribution in [1.29, 1.82) is 0 Å². The third kappa shape index (κ3) is 0.955. The summed E-state index contributed by atoms with van der Waals surface area (Å²) in [5, 5.41) is 8.84. The zero-order valence-electron chi connectivity index (χ0n) is 4.94. The number of nitrogens with zero attached hydrogens (tertiary/aromatic N) is 2. The fourth-order valence-electron chi connectivity index (χ4n) is 0.652. The van der Waals surface area contributed by atoms with Crippen molar-refractivity contribution in [3.63, 3.8) is 0 Å². The first-order valence-corrected chi connectivity index (χ1v) is 4.35. The average molecular weight is 167 g/mol. The van der Waals surface area contributed by atoms with E-state index in [1.54, 1.807) is 17.5 Å². The molecule has 0 spiro atoms. The van der Waals surface area contributed by atoms with E-state index in [9.17, 15) is 0 Å². The lowest BCUT2D eigenvalue weighted by atomic mass is 10.3. The molecule has 0 fully saturated rings. The SMILES string of the molecule is [c]1sccc1-c1cnns1. The van der Waals surface area contributed by atoms with Crippen molar-refractivity contribution < 1.29 is 0 Å². The molecule has 4 heteroatoms. The van der Waals surface area contributed by atoms with Gasteiger partial charge in [-0.2, -0.15) is 0 Å². The van der Waals surface area contributed by atoms with Gasteiger partial charge in [-0.15, -0.1) is 16.4 Å². The molecule has 2 nitrogen and oxygen atoms in total. The third-order valence-electron chi connectivity index (χ3n) is 1.10. The van der Waals surface area contributed by atoms with Crippen LogP contribution in [0.1, 0.15) is 0 Å². The van der Waals surface area contributed by atoms with Crippen LogP contribution in [0.2, 0.25) is 0 Å². The summed E-state index contributed by atoms with van der Waals surface area (Å²) in [5.74, 6) is 0. The minimum Gasteiger partial charge on any atom is -0.146 e. The summed E-state index contributed by atoms with van der Waals surface area (Å²) in [4.78, 5) is 1.08. The summed E-state index contributed by atoms with van der Waals surface area (Å²) in [6, 6.07) is 2.01. The summed E-state index contributed by atoms with van der Waals surface area (Å²) in [5.41, 5.74) is 1.10. The molecule has 49 valence electrons. The van der Waals surface area contributed by atoms with E-state index in [0.29, 0.717) is 0 Å². The van der Waals surface area contributed by atoms with Crippen molar-refractivity contribution in [2.45, 2.75) is 0 Å². The van der Waals surface area contributed by atoms with Crippen LogP contribution in [-0.4, -0.2) is 9.59 Å². The van der Waals surface area contributed by atoms with Gasteiger partial charge in [0, 0.05) is 5.56 Å². The second-order valence-electron chi connectivity index (χ2n) is 1.72. The van der Waals surface area contributed by atoms with Crippen LogP contribution in [0.4, 0.5) is 0 Å². The molecule has 0 aliphatic carbocycles. The maximum Gasteiger partial charge on any atom is 0.0768 e. The molecule has 0 saturated carbocycles. The molecule has 0 aliphatic heterocycles. The molecule has 2 aromatic rings. The Balaban J connectivity index is 2.48. The molecule has 0 aliphatic rings. The lowest BCUT2D eigenvalue weighted by Gasteiger charge is -1.81. The molecule has 1 radical (unpaired) electrons. The smallest absolute Gasteiger partial charge is 0.0768 e. The molecule has 10 heavy (non-hydrogen) atoms. The maximum atomic E-state index is 3.75. The van der Waals surface area contributed by atoms with Gasteiger partial charge in [0.05, 0.1) is 16.5 Å². The van der Waals surface area contributed by atoms with Gasteiger partial charge in [-0.3, -0.25) is 0 Å². The molecule has 2 aromatic heterocycles. The lowest BCUT2D eigenvalue weighted by Crippen LogP contribution is -1.60. The molecule has 2 rings (SSSR count). The van der Waals surface area contributed by atoms with Crippen molar-refractivity contribution in [2.75, 3.05) is 0 Å². The Morgan fingerprint density at radius 1 is 1.50 bits per heavy atom. The quantitative estimate of drug-likeness (QED) is 0.649. The topological polar surface area (TPSA) is 25.8 Å². The van der Waals surface area contributed by atoms with E-state index in [4.69, 9.17) is 0 Å². The number of rotatable bonds is 1. The van der Waals surface area contributed by atoms with Crippen LogP contribution in [-0.2, 0) is 0 Å². The van der Waals surface area contributed by atoms with E-state index in [1.165, 1.54) is 11.5 Å². The van der Waals surface area contributed by atoms with Gasteiger partial charge in [0.1, 0.15) is 0 Å². The van der Waals surface area contributed by atoms with Crippen molar-refractivity contribution in [3.8, 4) is 10.4 Å². The van der Waals surface area contributed by atoms with Gasteiger partial charge in [-0.05, 0) is 23.0 Å². The zero-order chi connectivity index (χ0) is 6.81. The molecule has 0 amide bonds. The van der Waals surface area contributed by atoms with Gasteiger partial charge in [-0.1, -0.05) is 4.49 Å². The molecular formula is C6H3N2S2. The normalized spacial score (nSPS) is 10.0. The number of aromatic nitrogens is 2. The minimum absolute atomic E-state index is 1.08. The van der Waals surface area contributed by atoms with Gasteiger partial charge < -0.3 is 0 Å². The van der Waals surface area contributed by atoms with Crippen LogP contribution in [0.15, 0.2) is 17.6 Å². The predicted molar refractivity (Wildman–Crippen MR) is 42.1 cm³/mol. The van der Waals surface area contributed by atoms with Crippen LogP contribution < -0.4 is 0 Å². The van der Waals surface area contributed by atoms with E-state index in [-0.39, 0.29) is 0 Å². The van der Waals surface area contributed by atoms with Crippen LogP contribution in [0, 0.1) is 5.38 Å². The Hall–Kier alpha value is -0.740. The van der Waals surface area contributed by atoms with Crippen LogP contribution in [0.3, 0.4) is 0 Å². The first kappa shape index (κ1) is 6.00. The van der Waals surface area contributed by atoms with Crippen LogP contribution >= 0.6 is 22.9 Å². The summed E-state index contributed by atoms with van der Waals surface area (Å²) in [6.07, 6.45) is 1.75. The van der Waals surface area contributed by atoms with Gasteiger partial charge >= 0.3 is 0 Å². The van der Waals surface area contributed by atoms with Crippen molar-refractivity contribution in [3.05, 3.63) is 23.0 Å². The van der Waals surface area contributed by atoms with E-state index in [1.807, 2.05) is 11.4 Å². The van der Waals surface area contributed by atoms with E-state index < -0.39 is 0 Å². The molecule has 0 aromatic carbocycles. The molecule has 0 N–H and O–H groups in total. The minimum atomic E-state index is 1.08. The molecule has 0 bridgehead atoms. The largest absolute Gasteiger partial charge is 0.146 e. The highest BCUT2D eigenvalue weighted by Gasteiger charge is 1.98. The van der Waals surface area contributed by atoms with Crippen molar-refractivity contribution >= 4 is 22.9 Å². The van der Waals surface area contributed by atoms with Crippen LogP contribution in [0.5, 0.6) is 0 Å². The van der Waals surface area contributed by atoms with Gasteiger partial charge in [0.25, 0.3) is 0 Å². The van der Waals surface area contributed by atoms with Crippen molar-refractivity contribution in [2.24, 2.45) is 0 Å². The Kier molecular flexibility index (Phi) is 1.49. The fourth-order valence-corrected chi connectivity index (χ4v) is 1.79. The molecular weight excluding hydrogens is 164 g/mol. The van der Waals surface area contributed by atoms with Gasteiger partial charge in [-0.25, -0.2) is 0 Å². The number of hydrogen-bond donors (Lipinski definition) is 0. The second-order valence-corrected chi connectivity index (χ2v) is 3.22. The monoisotopic (exact) mass is 167 g/mol. The van der Waals surface area contributed by atoms with E-state index in [2.05, 4.69) is 15.0 Å². The van der Waals surface area contributed by atoms with E-state index >= 15 is 0 Å². The predicted octanol–water partition coefficient (Wildman–Crippen LogP) is 2.07. The lowest BCUT2D eigenvalue weighted by molar-refractivity contribution is 1.16. The highest BCUT2D eigenvalue weighted by atomic mass is 32.1. The number of hydrogen-bond acceptors (Lipinski definition) is 4. The first-order valence-electron chi connectivity index (χ1n) is 2.70. The van der Waals surface area contributed by atoms with Gasteiger partial charge in [0.2, 0.25) is 0 Å². The Bertz CT molecular complexity index is 253. The van der Waals surface area contributed by atoms with Crippen molar-refractivity contribution in [1.82, 2.24) is 9.59 Å². The second kappa shape index (κ2) is 2.48. The summed E-state index contributed by atoms with van der Waals surface area (Å²) in [6.45, 7) is 0. The summed E-state index contributed by atoms with van der Waals surface area (Å²) < 4.78 is 3.75. The molecule has 2 heterocycles. The number of thiophene rings is 1. The van der Waals surface area contributed by atoms with E-state index in [0.717, 1.165) is 10.4 Å². The fraction of sp³-hybridized carbons (Fsp3) is 0. The Morgan fingerprint density at radius 2 is 2.50 bits per heavy atom. The zero-order valence-corrected chi connectivity index (χ0v) is 6.58. The van der Waals surface area contributed by atoms with Gasteiger partial charge in [0.15, 0.2) is 0 Å². The Morgan fingerprint density at radius 3 is 3.10 bits per heavy atom. The average Bonchev–Trinajstić information content (AvgIpc) is 2.59. The molecule has 0 atom stereocenters. The molecule has 0 saturated heterocycles. The van der Waals surface area contributed by atoms with Crippen LogP contribution in [0.25, 0.3) is 10.4 Å². The molecule has 0 unspecified atom stereocenters. The standard InChI is InChI=1S/C6H3N2S2/c1-2-9-4-5(1)6-3-7-8-10-6/h1-3H. The summed E-state index contributed by atoms with van der Waals surface area (Å²) in [7, 11) is 0. The highest BCUT2D eigenvalue weighted by molar-refractivity contribution is 7.10. The Labute approximate surface area is 66.3 Å². The third-order valence-corrected chi connectivity index (χ3v) is 2.41.